The van der Waals surface area contributed by atoms with Crippen LogP contribution < -0.4 is 10.6 Å². The lowest BCUT2D eigenvalue weighted by Crippen LogP contribution is -2.43. The molecule has 1 aromatic rings. The van der Waals surface area contributed by atoms with Crippen LogP contribution in [0.5, 0.6) is 0 Å². The van der Waals surface area contributed by atoms with Crippen LogP contribution in [0, 0.1) is 0 Å². The van der Waals surface area contributed by atoms with Crippen LogP contribution in [0.15, 0.2) is 24.3 Å². The molecule has 1 saturated heterocycles. The summed E-state index contributed by atoms with van der Waals surface area (Å²) in [6, 6.07) is 8.01. The second-order valence-corrected chi connectivity index (χ2v) is 6.17. The Morgan fingerprint density at radius 3 is 2.68 bits per heavy atom. The SMILES string of the molecule is CNCCCC(=O)NCC(c1cccc(Cl)c1)N1CCOCC1.Cl.Cl. The van der Waals surface area contributed by atoms with E-state index < -0.39 is 0 Å². The van der Waals surface area contributed by atoms with Gasteiger partial charge in [0.2, 0.25) is 5.91 Å². The lowest BCUT2D eigenvalue weighted by Gasteiger charge is -2.35. The number of nitrogens with zero attached hydrogens (tertiary/aromatic N) is 1. The summed E-state index contributed by atoms with van der Waals surface area (Å²) < 4.78 is 5.44. The minimum Gasteiger partial charge on any atom is -0.379 e. The Hall–Kier alpha value is -0.560. The smallest absolute Gasteiger partial charge is 0.220 e. The number of halogens is 3. The van der Waals surface area contributed by atoms with Crippen LogP contribution in [0.25, 0.3) is 0 Å². The molecule has 1 atom stereocenters. The number of carbonyl (C=O) groups is 1. The maximum Gasteiger partial charge on any atom is 0.220 e. The molecule has 1 aliphatic heterocycles. The van der Waals surface area contributed by atoms with Gasteiger partial charge in [-0.15, -0.1) is 24.8 Å². The summed E-state index contributed by atoms with van der Waals surface area (Å²) in [6.45, 7) is 4.65. The highest BCUT2D eigenvalue weighted by Gasteiger charge is 2.23. The molecule has 5 nitrogen and oxygen atoms in total. The van der Waals surface area contributed by atoms with Gasteiger partial charge in [-0.1, -0.05) is 23.7 Å². The van der Waals surface area contributed by atoms with Crippen molar-refractivity contribution in [2.24, 2.45) is 0 Å². The Morgan fingerprint density at radius 1 is 1.32 bits per heavy atom. The molecule has 8 heteroatoms. The fraction of sp³-hybridized carbons (Fsp3) is 0.588. The monoisotopic (exact) mass is 411 g/mol. The van der Waals surface area contributed by atoms with E-state index in [1.54, 1.807) is 0 Å². The second kappa shape index (κ2) is 13.6. The van der Waals surface area contributed by atoms with Crippen LogP contribution in [-0.2, 0) is 9.53 Å². The predicted molar refractivity (Wildman–Crippen MR) is 107 cm³/mol. The average Bonchev–Trinajstić information content (AvgIpc) is 2.56. The lowest BCUT2D eigenvalue weighted by atomic mass is 10.0. The quantitative estimate of drug-likeness (QED) is 0.645. The van der Waals surface area contributed by atoms with Crippen molar-refractivity contribution in [2.75, 3.05) is 46.4 Å². The van der Waals surface area contributed by atoms with Gasteiger partial charge in [-0.2, -0.15) is 0 Å². The highest BCUT2D eigenvalue weighted by atomic mass is 35.5. The van der Waals surface area contributed by atoms with Gasteiger partial charge in [-0.05, 0) is 37.7 Å². The second-order valence-electron chi connectivity index (χ2n) is 5.73. The van der Waals surface area contributed by atoms with Gasteiger partial charge < -0.3 is 15.4 Å². The molecule has 144 valence electrons. The molecule has 1 fully saturated rings. The Labute approximate surface area is 167 Å². The van der Waals surface area contributed by atoms with Crippen LogP contribution >= 0.6 is 36.4 Å². The minimum atomic E-state index is 0. The number of benzene rings is 1. The van der Waals surface area contributed by atoms with E-state index in [2.05, 4.69) is 21.6 Å². The summed E-state index contributed by atoms with van der Waals surface area (Å²) in [5.41, 5.74) is 1.13. The van der Waals surface area contributed by atoms with Crippen LogP contribution in [0.1, 0.15) is 24.4 Å². The van der Waals surface area contributed by atoms with Gasteiger partial charge in [0.05, 0.1) is 19.3 Å². The molecular weight excluding hydrogens is 385 g/mol. The van der Waals surface area contributed by atoms with Crippen molar-refractivity contribution in [3.05, 3.63) is 34.9 Å². The molecule has 0 spiro atoms. The van der Waals surface area contributed by atoms with Crippen molar-refractivity contribution >= 4 is 42.3 Å². The van der Waals surface area contributed by atoms with Crippen LogP contribution in [0.3, 0.4) is 0 Å². The molecule has 0 aromatic heterocycles. The molecule has 0 aliphatic carbocycles. The van der Waals surface area contributed by atoms with E-state index in [9.17, 15) is 4.79 Å². The summed E-state index contributed by atoms with van der Waals surface area (Å²) in [4.78, 5) is 14.3. The normalized spacial score (nSPS) is 15.6. The average molecular weight is 413 g/mol. The topological polar surface area (TPSA) is 53.6 Å². The Kier molecular flexibility index (Phi) is 13.3. The molecular formula is C17H28Cl3N3O2. The molecule has 1 amide bonds. The summed E-state index contributed by atoms with van der Waals surface area (Å²) in [5, 5.41) is 6.84. The first-order valence-corrected chi connectivity index (χ1v) is 8.57. The van der Waals surface area contributed by atoms with E-state index >= 15 is 0 Å². The van der Waals surface area contributed by atoms with E-state index in [-0.39, 0.29) is 36.8 Å². The fourth-order valence-corrected chi connectivity index (χ4v) is 2.98. The maximum atomic E-state index is 12.0. The zero-order valence-corrected chi connectivity index (χ0v) is 16.9. The van der Waals surface area contributed by atoms with Gasteiger partial charge in [0.25, 0.3) is 0 Å². The van der Waals surface area contributed by atoms with E-state index in [4.69, 9.17) is 16.3 Å². The number of nitrogens with one attached hydrogen (secondary N) is 2. The molecule has 0 saturated carbocycles. The molecule has 2 N–H and O–H groups in total. The third kappa shape index (κ3) is 8.58. The van der Waals surface area contributed by atoms with Gasteiger partial charge in [-0.3, -0.25) is 9.69 Å². The van der Waals surface area contributed by atoms with E-state index in [1.165, 1.54) is 0 Å². The standard InChI is InChI=1S/C17H26ClN3O2.2ClH/c1-19-7-3-6-17(22)20-13-16(21-8-10-23-11-9-21)14-4-2-5-15(18)12-14;;/h2,4-5,12,16,19H,3,6-11,13H2,1H3,(H,20,22);2*1H. The van der Waals surface area contributed by atoms with Gasteiger partial charge in [0, 0.05) is 31.1 Å². The minimum absolute atomic E-state index is 0. The molecule has 0 bridgehead atoms. The molecule has 25 heavy (non-hydrogen) atoms. The van der Waals surface area contributed by atoms with Gasteiger partial charge in [0.15, 0.2) is 0 Å². The van der Waals surface area contributed by atoms with E-state index in [0.717, 1.165) is 49.9 Å². The summed E-state index contributed by atoms with van der Waals surface area (Å²) in [6.07, 6.45) is 1.40. The predicted octanol–water partition coefficient (Wildman–Crippen LogP) is 2.67. The first-order valence-electron chi connectivity index (χ1n) is 8.19. The molecule has 1 aromatic carbocycles. The van der Waals surface area contributed by atoms with Crippen LogP contribution in [0.4, 0.5) is 0 Å². The number of ether oxygens (including phenoxy) is 1. The van der Waals surface area contributed by atoms with Gasteiger partial charge in [-0.25, -0.2) is 0 Å². The molecule has 0 radical (unpaired) electrons. The van der Waals surface area contributed by atoms with Gasteiger partial charge in [0.1, 0.15) is 0 Å². The third-order valence-corrected chi connectivity index (χ3v) is 4.28. The number of amides is 1. The Balaban J connectivity index is 0.00000288. The lowest BCUT2D eigenvalue weighted by molar-refractivity contribution is -0.121. The third-order valence-electron chi connectivity index (χ3n) is 4.04. The van der Waals surface area contributed by atoms with Crippen LogP contribution in [0.2, 0.25) is 5.02 Å². The first kappa shape index (κ1) is 24.4. The maximum absolute atomic E-state index is 12.0. The highest BCUT2D eigenvalue weighted by molar-refractivity contribution is 6.30. The zero-order chi connectivity index (χ0) is 16.5. The van der Waals surface area contributed by atoms with Crippen molar-refractivity contribution in [1.82, 2.24) is 15.5 Å². The molecule has 1 heterocycles. The highest BCUT2D eigenvalue weighted by Crippen LogP contribution is 2.24. The van der Waals surface area contributed by atoms with Crippen molar-refractivity contribution in [3.8, 4) is 0 Å². The first-order chi connectivity index (χ1) is 11.2. The number of hydrogen-bond donors (Lipinski definition) is 2. The van der Waals surface area contributed by atoms with Crippen molar-refractivity contribution in [2.45, 2.75) is 18.9 Å². The number of rotatable bonds is 8. The Morgan fingerprint density at radius 2 is 2.04 bits per heavy atom. The van der Waals surface area contributed by atoms with Gasteiger partial charge >= 0.3 is 0 Å². The van der Waals surface area contributed by atoms with Crippen molar-refractivity contribution < 1.29 is 9.53 Å². The summed E-state index contributed by atoms with van der Waals surface area (Å²) in [5.74, 6) is 0.0977. The van der Waals surface area contributed by atoms with Crippen molar-refractivity contribution in [1.29, 1.82) is 0 Å². The largest absolute Gasteiger partial charge is 0.379 e. The number of hydrogen-bond acceptors (Lipinski definition) is 4. The Bertz CT molecular complexity index is 500. The fourth-order valence-electron chi connectivity index (χ4n) is 2.79. The summed E-state index contributed by atoms with van der Waals surface area (Å²) >= 11 is 6.14. The molecule has 1 aliphatic rings. The van der Waals surface area contributed by atoms with E-state index in [1.807, 2.05) is 25.2 Å². The van der Waals surface area contributed by atoms with E-state index in [0.29, 0.717) is 13.0 Å². The number of carbonyl (C=O) groups excluding carboxylic acids is 1. The summed E-state index contributed by atoms with van der Waals surface area (Å²) in [7, 11) is 1.89. The molecule has 2 rings (SSSR count). The molecule has 1 unspecified atom stereocenters. The van der Waals surface area contributed by atoms with Crippen molar-refractivity contribution in [3.63, 3.8) is 0 Å². The zero-order valence-electron chi connectivity index (χ0n) is 14.5. The van der Waals surface area contributed by atoms with Crippen LogP contribution in [-0.4, -0.2) is 57.2 Å². The number of morpholine rings is 1.